The number of likely N-dealkylation sites (tertiary alicyclic amines) is 1. The summed E-state index contributed by atoms with van der Waals surface area (Å²) >= 11 is 0. The number of halogens is 6. The number of carboxylic acids is 1. The number of piperidine rings is 1. The van der Waals surface area contributed by atoms with Gasteiger partial charge in [0.1, 0.15) is 30.5 Å². The third-order valence-corrected chi connectivity index (χ3v) is 7.31. The summed E-state index contributed by atoms with van der Waals surface area (Å²) in [6.45, 7) is 4.05. The predicted octanol–water partition coefficient (Wildman–Crippen LogP) is 6.97. The number of benzene rings is 2. The highest BCUT2D eigenvalue weighted by Crippen LogP contribution is 2.39. The number of aliphatic carboxylic acids is 1. The molecule has 0 spiro atoms. The molecule has 1 N–H and O–H groups in total. The van der Waals surface area contributed by atoms with Gasteiger partial charge in [0, 0.05) is 24.2 Å². The van der Waals surface area contributed by atoms with E-state index in [0.29, 0.717) is 44.1 Å². The topological polar surface area (TPSA) is 68.2 Å². The van der Waals surface area contributed by atoms with Crippen molar-refractivity contribution in [3.8, 4) is 17.2 Å². The lowest BCUT2D eigenvalue weighted by molar-refractivity contribution is -0.191. The lowest BCUT2D eigenvalue weighted by Gasteiger charge is -2.40. The molecule has 1 saturated heterocycles. The van der Waals surface area contributed by atoms with Crippen LogP contribution in [0.5, 0.6) is 17.2 Å². The van der Waals surface area contributed by atoms with Gasteiger partial charge in [-0.15, -0.1) is 0 Å². The molecule has 3 atom stereocenters. The number of hydrogen-bond donors (Lipinski definition) is 1. The van der Waals surface area contributed by atoms with Gasteiger partial charge < -0.3 is 19.3 Å². The van der Waals surface area contributed by atoms with E-state index in [1.54, 1.807) is 18.2 Å². The van der Waals surface area contributed by atoms with Crippen molar-refractivity contribution in [2.24, 2.45) is 5.92 Å². The van der Waals surface area contributed by atoms with E-state index in [4.69, 9.17) is 9.47 Å². The zero-order valence-electron chi connectivity index (χ0n) is 22.5. The molecular formula is C29H31F6NO5. The number of carboxylic acid groups (broad SMARTS) is 1. The van der Waals surface area contributed by atoms with E-state index in [2.05, 4.69) is 9.64 Å². The fraction of sp³-hybridized carbons (Fsp3) is 0.483. The van der Waals surface area contributed by atoms with Crippen molar-refractivity contribution in [1.82, 2.24) is 4.90 Å². The van der Waals surface area contributed by atoms with Crippen molar-refractivity contribution in [2.45, 2.75) is 64.2 Å². The number of fused-ring (bicyclic) bond motifs is 1. The Morgan fingerprint density at radius 3 is 2.56 bits per heavy atom. The summed E-state index contributed by atoms with van der Waals surface area (Å²) in [7, 11) is 0. The van der Waals surface area contributed by atoms with E-state index in [1.165, 1.54) is 6.07 Å². The highest BCUT2D eigenvalue weighted by Gasteiger charge is 2.41. The molecule has 224 valence electrons. The Balaban J connectivity index is 1.43. The maximum Gasteiger partial charge on any atom is 0.425 e. The summed E-state index contributed by atoms with van der Waals surface area (Å²) in [6, 6.07) is 7.75. The molecule has 12 heteroatoms. The predicted molar refractivity (Wildman–Crippen MR) is 138 cm³/mol. The Hall–Kier alpha value is -3.41. The van der Waals surface area contributed by atoms with Gasteiger partial charge in [0.05, 0.1) is 11.5 Å². The van der Waals surface area contributed by atoms with Gasteiger partial charge in [-0.2, -0.15) is 26.3 Å². The quantitative estimate of drug-likeness (QED) is 0.320. The van der Waals surface area contributed by atoms with Crippen molar-refractivity contribution in [3.05, 3.63) is 58.7 Å². The molecule has 0 bridgehead atoms. The number of nitrogens with zero attached hydrogens (tertiary/aromatic N) is 1. The Kier molecular flexibility index (Phi) is 9.10. The Morgan fingerprint density at radius 2 is 1.90 bits per heavy atom. The summed E-state index contributed by atoms with van der Waals surface area (Å²) in [5.41, 5.74) is 0.558. The van der Waals surface area contributed by atoms with E-state index < -0.39 is 41.7 Å². The van der Waals surface area contributed by atoms with Crippen LogP contribution in [0.15, 0.2) is 42.0 Å². The second kappa shape index (κ2) is 12.2. The van der Waals surface area contributed by atoms with Crippen LogP contribution in [0, 0.1) is 5.92 Å². The number of rotatable bonds is 9. The first kappa shape index (κ1) is 30.5. The molecule has 41 heavy (non-hydrogen) atoms. The second-order valence-corrected chi connectivity index (χ2v) is 10.2. The maximum absolute atomic E-state index is 13.5. The molecule has 0 amide bonds. The van der Waals surface area contributed by atoms with E-state index in [0.717, 1.165) is 36.6 Å². The number of hydrogen-bond acceptors (Lipinski definition) is 5. The van der Waals surface area contributed by atoms with Crippen LogP contribution in [0.1, 0.15) is 49.8 Å². The number of alkyl halides is 6. The monoisotopic (exact) mass is 587 g/mol. The van der Waals surface area contributed by atoms with E-state index in [1.807, 2.05) is 13.0 Å². The van der Waals surface area contributed by atoms with E-state index in [9.17, 15) is 36.2 Å². The highest BCUT2D eigenvalue weighted by molar-refractivity contribution is 5.71. The van der Waals surface area contributed by atoms with E-state index in [-0.39, 0.29) is 18.2 Å². The largest absolute Gasteiger partial charge is 0.489 e. The second-order valence-electron chi connectivity index (χ2n) is 10.2. The highest BCUT2D eigenvalue weighted by atomic mass is 19.4. The standard InChI is InChI=1S/C29H31F6NO5/c1-3-24-22(27(37)38)5-4-10-36(24)14-19-11-20-7-8-21(13-26(20)40-16-19)39-15-18-6-9-25(23(12-18)29(33,34)35)41-17(2)28(30,31)32/h6-9,11-13,17,22,24H,3-5,10,14-16H2,1-2H3,(H,37,38)/t17-,22+,24?/m0/s1. The fourth-order valence-electron chi connectivity index (χ4n) is 5.20. The molecule has 2 aromatic rings. The lowest BCUT2D eigenvalue weighted by Crippen LogP contribution is -2.48. The summed E-state index contributed by atoms with van der Waals surface area (Å²) < 4.78 is 95.2. The molecule has 0 aliphatic carbocycles. The third-order valence-electron chi connectivity index (χ3n) is 7.31. The first-order chi connectivity index (χ1) is 19.3. The van der Waals surface area contributed by atoms with Crippen LogP contribution in [0.25, 0.3) is 6.08 Å². The molecule has 2 aromatic carbocycles. The van der Waals surface area contributed by atoms with Crippen LogP contribution >= 0.6 is 0 Å². The van der Waals surface area contributed by atoms with Gasteiger partial charge in [-0.25, -0.2) is 0 Å². The van der Waals surface area contributed by atoms with Crippen LogP contribution in [0.3, 0.4) is 0 Å². The van der Waals surface area contributed by atoms with E-state index >= 15 is 0 Å². The maximum atomic E-state index is 13.5. The fourth-order valence-corrected chi connectivity index (χ4v) is 5.20. The smallest absolute Gasteiger partial charge is 0.425 e. The minimum Gasteiger partial charge on any atom is -0.489 e. The molecule has 6 nitrogen and oxygen atoms in total. The molecule has 0 radical (unpaired) electrons. The van der Waals surface area contributed by atoms with Crippen molar-refractivity contribution < 1.29 is 50.5 Å². The summed E-state index contributed by atoms with van der Waals surface area (Å²) in [5, 5.41) is 9.58. The Bertz CT molecular complexity index is 1280. The first-order valence-corrected chi connectivity index (χ1v) is 13.3. The first-order valence-electron chi connectivity index (χ1n) is 13.3. The molecule has 0 saturated carbocycles. The molecule has 2 aliphatic heterocycles. The van der Waals surface area contributed by atoms with Crippen LogP contribution in [0.4, 0.5) is 26.3 Å². The van der Waals surface area contributed by atoms with Gasteiger partial charge in [-0.1, -0.05) is 13.0 Å². The lowest BCUT2D eigenvalue weighted by atomic mass is 9.87. The Morgan fingerprint density at radius 1 is 1.15 bits per heavy atom. The molecule has 2 heterocycles. The Labute approximate surface area is 233 Å². The minimum absolute atomic E-state index is 0.0501. The molecular weight excluding hydrogens is 556 g/mol. The van der Waals surface area contributed by atoms with Crippen LogP contribution in [-0.4, -0.2) is 54.0 Å². The van der Waals surface area contributed by atoms with Gasteiger partial charge in [0.15, 0.2) is 6.10 Å². The van der Waals surface area contributed by atoms with Gasteiger partial charge in [-0.05, 0) is 74.2 Å². The molecule has 1 unspecified atom stereocenters. The normalized spacial score (nSPS) is 20.4. The van der Waals surface area contributed by atoms with Crippen molar-refractivity contribution in [3.63, 3.8) is 0 Å². The average Bonchev–Trinajstić information content (AvgIpc) is 2.91. The summed E-state index contributed by atoms with van der Waals surface area (Å²) in [6.07, 6.45) is -7.97. The molecule has 4 rings (SSSR count). The van der Waals surface area contributed by atoms with Gasteiger partial charge in [0.2, 0.25) is 0 Å². The molecule has 2 aliphatic rings. The number of carbonyl (C=O) groups is 1. The van der Waals surface area contributed by atoms with Crippen molar-refractivity contribution in [2.75, 3.05) is 19.7 Å². The van der Waals surface area contributed by atoms with Gasteiger partial charge in [0.25, 0.3) is 0 Å². The summed E-state index contributed by atoms with van der Waals surface area (Å²) in [5.74, 6) is -1.22. The third kappa shape index (κ3) is 7.46. The average molecular weight is 588 g/mol. The zero-order valence-corrected chi connectivity index (χ0v) is 22.5. The van der Waals surface area contributed by atoms with Gasteiger partial charge >= 0.3 is 18.3 Å². The minimum atomic E-state index is -4.93. The number of ether oxygens (including phenoxy) is 3. The SMILES string of the molecule is CCC1[C@H](C(=O)O)CCCN1CC1=Cc2ccc(OCc3ccc(O[C@@H](C)C(F)(F)F)c(C(F)(F)F)c3)cc2OC1. The van der Waals surface area contributed by atoms with Crippen molar-refractivity contribution >= 4 is 12.0 Å². The molecule has 0 aromatic heterocycles. The van der Waals surface area contributed by atoms with Crippen LogP contribution < -0.4 is 14.2 Å². The summed E-state index contributed by atoms with van der Waals surface area (Å²) in [4.78, 5) is 13.9. The molecule has 1 fully saturated rings. The zero-order chi connectivity index (χ0) is 29.9. The van der Waals surface area contributed by atoms with Crippen molar-refractivity contribution in [1.29, 1.82) is 0 Å². The van der Waals surface area contributed by atoms with Gasteiger partial charge in [-0.3, -0.25) is 9.69 Å². The van der Waals surface area contributed by atoms with Crippen LogP contribution in [0.2, 0.25) is 0 Å². The van der Waals surface area contributed by atoms with Crippen LogP contribution in [-0.2, 0) is 17.6 Å².